The Morgan fingerprint density at radius 2 is 2.22 bits per heavy atom. The standard InChI is InChI=1S/C12H12BrN3O2/c1-7-8(2)18-11(16-7)6-15-12(17)9-3-10(13)5-14-4-9/h3-5H,6H2,1-2H3,(H,15,17). The van der Waals surface area contributed by atoms with E-state index in [1.807, 2.05) is 13.8 Å². The highest BCUT2D eigenvalue weighted by molar-refractivity contribution is 9.10. The van der Waals surface area contributed by atoms with Gasteiger partial charge in [-0.1, -0.05) is 0 Å². The molecule has 2 aromatic heterocycles. The molecule has 0 atom stereocenters. The number of rotatable bonds is 3. The Balaban J connectivity index is 2.00. The summed E-state index contributed by atoms with van der Waals surface area (Å²) in [4.78, 5) is 19.9. The van der Waals surface area contributed by atoms with E-state index in [9.17, 15) is 4.79 Å². The molecule has 2 aromatic rings. The maximum atomic E-state index is 11.8. The third-order valence-corrected chi connectivity index (χ3v) is 2.87. The topological polar surface area (TPSA) is 68.0 Å². The summed E-state index contributed by atoms with van der Waals surface area (Å²) in [5, 5.41) is 2.73. The lowest BCUT2D eigenvalue weighted by Crippen LogP contribution is -2.23. The summed E-state index contributed by atoms with van der Waals surface area (Å²) < 4.78 is 6.14. The molecule has 0 fully saturated rings. The molecule has 0 radical (unpaired) electrons. The molecule has 5 nitrogen and oxygen atoms in total. The molecular weight excluding hydrogens is 298 g/mol. The van der Waals surface area contributed by atoms with Crippen LogP contribution < -0.4 is 5.32 Å². The number of oxazole rings is 1. The van der Waals surface area contributed by atoms with E-state index in [1.54, 1.807) is 12.3 Å². The zero-order valence-corrected chi connectivity index (χ0v) is 11.6. The Labute approximate surface area is 113 Å². The zero-order valence-electron chi connectivity index (χ0n) is 10.0. The van der Waals surface area contributed by atoms with E-state index in [-0.39, 0.29) is 12.5 Å². The second-order valence-electron chi connectivity index (χ2n) is 3.82. The van der Waals surface area contributed by atoms with Crippen molar-refractivity contribution in [2.45, 2.75) is 20.4 Å². The lowest BCUT2D eigenvalue weighted by Gasteiger charge is -2.02. The molecule has 0 bridgehead atoms. The van der Waals surface area contributed by atoms with E-state index in [2.05, 4.69) is 31.2 Å². The third kappa shape index (κ3) is 2.95. The number of carbonyl (C=O) groups is 1. The number of pyridine rings is 1. The molecule has 0 aromatic carbocycles. The second kappa shape index (κ2) is 5.30. The van der Waals surface area contributed by atoms with Crippen molar-refractivity contribution in [1.29, 1.82) is 0 Å². The lowest BCUT2D eigenvalue weighted by atomic mass is 10.3. The summed E-state index contributed by atoms with van der Waals surface area (Å²) in [5.74, 6) is 1.06. The minimum Gasteiger partial charge on any atom is -0.444 e. The number of hydrogen-bond donors (Lipinski definition) is 1. The summed E-state index contributed by atoms with van der Waals surface area (Å²) in [6.45, 7) is 3.97. The molecule has 0 saturated carbocycles. The largest absolute Gasteiger partial charge is 0.444 e. The SMILES string of the molecule is Cc1nc(CNC(=O)c2cncc(Br)c2)oc1C. The summed E-state index contributed by atoms with van der Waals surface area (Å²) in [5.41, 5.74) is 1.33. The number of nitrogens with one attached hydrogen (secondary N) is 1. The van der Waals surface area contributed by atoms with Crippen molar-refractivity contribution < 1.29 is 9.21 Å². The van der Waals surface area contributed by atoms with E-state index in [4.69, 9.17) is 4.42 Å². The molecule has 0 saturated heterocycles. The van der Waals surface area contributed by atoms with Crippen molar-refractivity contribution >= 4 is 21.8 Å². The van der Waals surface area contributed by atoms with Crippen LogP contribution >= 0.6 is 15.9 Å². The van der Waals surface area contributed by atoms with Crippen LogP contribution in [0, 0.1) is 13.8 Å². The third-order valence-electron chi connectivity index (χ3n) is 2.44. The zero-order chi connectivity index (χ0) is 13.1. The van der Waals surface area contributed by atoms with Gasteiger partial charge < -0.3 is 9.73 Å². The number of hydrogen-bond acceptors (Lipinski definition) is 4. The lowest BCUT2D eigenvalue weighted by molar-refractivity contribution is 0.0946. The Hall–Kier alpha value is -1.69. The molecule has 0 spiro atoms. The first-order valence-electron chi connectivity index (χ1n) is 5.38. The minimum atomic E-state index is -0.211. The van der Waals surface area contributed by atoms with Gasteiger partial charge in [0, 0.05) is 16.9 Å². The van der Waals surface area contributed by atoms with Crippen LogP contribution in [0.1, 0.15) is 27.7 Å². The average molecular weight is 310 g/mol. The van der Waals surface area contributed by atoms with Crippen LogP contribution in [0.5, 0.6) is 0 Å². The fraction of sp³-hybridized carbons (Fsp3) is 0.250. The fourth-order valence-corrected chi connectivity index (χ4v) is 1.77. The molecular formula is C12H12BrN3O2. The van der Waals surface area contributed by atoms with Gasteiger partial charge in [0.25, 0.3) is 5.91 Å². The molecule has 2 heterocycles. The van der Waals surface area contributed by atoms with Gasteiger partial charge in [-0.15, -0.1) is 0 Å². The predicted octanol–water partition coefficient (Wildman–Crippen LogP) is 2.38. The average Bonchev–Trinajstić information content (AvgIpc) is 2.66. The van der Waals surface area contributed by atoms with Crippen molar-refractivity contribution in [2.24, 2.45) is 0 Å². The highest BCUT2D eigenvalue weighted by Gasteiger charge is 2.09. The summed E-state index contributed by atoms with van der Waals surface area (Å²) in [6, 6.07) is 1.70. The van der Waals surface area contributed by atoms with E-state index >= 15 is 0 Å². The van der Waals surface area contributed by atoms with Crippen LogP contribution in [0.25, 0.3) is 0 Å². The number of nitrogens with zero attached hydrogens (tertiary/aromatic N) is 2. The van der Waals surface area contributed by atoms with Gasteiger partial charge >= 0.3 is 0 Å². The fourth-order valence-electron chi connectivity index (χ4n) is 1.41. The molecule has 2 rings (SSSR count). The van der Waals surface area contributed by atoms with E-state index < -0.39 is 0 Å². The molecule has 0 aliphatic carbocycles. The summed E-state index contributed by atoms with van der Waals surface area (Å²) >= 11 is 3.27. The molecule has 0 aliphatic rings. The maximum Gasteiger partial charge on any atom is 0.253 e. The van der Waals surface area contributed by atoms with Crippen molar-refractivity contribution in [3.05, 3.63) is 45.8 Å². The van der Waals surface area contributed by atoms with Gasteiger partial charge in [0.05, 0.1) is 17.8 Å². The molecule has 1 amide bonds. The van der Waals surface area contributed by atoms with Gasteiger partial charge in [-0.2, -0.15) is 0 Å². The van der Waals surface area contributed by atoms with Crippen molar-refractivity contribution in [1.82, 2.24) is 15.3 Å². The molecule has 18 heavy (non-hydrogen) atoms. The van der Waals surface area contributed by atoms with E-state index in [0.29, 0.717) is 11.5 Å². The number of aryl methyl sites for hydroxylation is 2. The molecule has 0 aliphatic heterocycles. The number of amides is 1. The smallest absolute Gasteiger partial charge is 0.253 e. The first-order valence-corrected chi connectivity index (χ1v) is 6.17. The van der Waals surface area contributed by atoms with Gasteiger partial charge in [-0.25, -0.2) is 4.98 Å². The normalized spacial score (nSPS) is 10.4. The summed E-state index contributed by atoms with van der Waals surface area (Å²) in [7, 11) is 0. The molecule has 94 valence electrons. The minimum absolute atomic E-state index is 0.211. The highest BCUT2D eigenvalue weighted by Crippen LogP contribution is 2.10. The molecule has 0 unspecified atom stereocenters. The number of carbonyl (C=O) groups excluding carboxylic acids is 1. The monoisotopic (exact) mass is 309 g/mol. The first kappa shape index (κ1) is 12.8. The second-order valence-corrected chi connectivity index (χ2v) is 4.74. The summed E-state index contributed by atoms with van der Waals surface area (Å²) in [6.07, 6.45) is 3.13. The quantitative estimate of drug-likeness (QED) is 0.945. The highest BCUT2D eigenvalue weighted by atomic mass is 79.9. The van der Waals surface area contributed by atoms with Crippen molar-refractivity contribution in [3.63, 3.8) is 0 Å². The first-order chi connectivity index (χ1) is 8.56. The van der Waals surface area contributed by atoms with Gasteiger partial charge in [-0.3, -0.25) is 9.78 Å². The molecule has 1 N–H and O–H groups in total. The van der Waals surface area contributed by atoms with Crippen LogP contribution in [-0.4, -0.2) is 15.9 Å². The van der Waals surface area contributed by atoms with Gasteiger partial charge in [0.2, 0.25) is 5.89 Å². The Bertz CT molecular complexity index is 561. The Kier molecular flexibility index (Phi) is 3.76. The molecule has 6 heteroatoms. The van der Waals surface area contributed by atoms with Gasteiger partial charge in [0.1, 0.15) is 5.76 Å². The van der Waals surface area contributed by atoms with Gasteiger partial charge in [-0.05, 0) is 35.8 Å². The van der Waals surface area contributed by atoms with Crippen molar-refractivity contribution in [2.75, 3.05) is 0 Å². The Morgan fingerprint density at radius 1 is 1.44 bits per heavy atom. The maximum absolute atomic E-state index is 11.8. The van der Waals surface area contributed by atoms with Crippen LogP contribution in [-0.2, 0) is 6.54 Å². The van der Waals surface area contributed by atoms with Gasteiger partial charge in [0.15, 0.2) is 0 Å². The van der Waals surface area contributed by atoms with Crippen LogP contribution in [0.15, 0.2) is 27.3 Å². The number of aromatic nitrogens is 2. The predicted molar refractivity (Wildman–Crippen MR) is 69.1 cm³/mol. The van der Waals surface area contributed by atoms with Crippen LogP contribution in [0.3, 0.4) is 0 Å². The Morgan fingerprint density at radius 3 is 2.83 bits per heavy atom. The number of halogens is 1. The van der Waals surface area contributed by atoms with E-state index in [0.717, 1.165) is 15.9 Å². The van der Waals surface area contributed by atoms with Crippen molar-refractivity contribution in [3.8, 4) is 0 Å². The van der Waals surface area contributed by atoms with Crippen LogP contribution in [0.4, 0.5) is 0 Å². The van der Waals surface area contributed by atoms with Crippen LogP contribution in [0.2, 0.25) is 0 Å². The van der Waals surface area contributed by atoms with E-state index in [1.165, 1.54) is 6.20 Å².